The Morgan fingerprint density at radius 2 is 1.77 bits per heavy atom. The van der Waals surface area contributed by atoms with Crippen LogP contribution in [0.2, 0.25) is 0 Å². The molecule has 0 bridgehead atoms. The quantitative estimate of drug-likeness (QED) is 0.602. The van der Waals surface area contributed by atoms with Gasteiger partial charge in [0.05, 0.1) is 17.1 Å². The zero-order valence-electron chi connectivity index (χ0n) is 20.7. The van der Waals surface area contributed by atoms with E-state index in [2.05, 4.69) is 10.6 Å². The number of benzene rings is 2. The van der Waals surface area contributed by atoms with Crippen LogP contribution in [0.1, 0.15) is 37.5 Å². The molecule has 0 aliphatic carbocycles. The van der Waals surface area contributed by atoms with E-state index in [0.717, 1.165) is 12.1 Å². The predicted octanol–water partition coefficient (Wildman–Crippen LogP) is 4.64. The van der Waals surface area contributed by atoms with Crippen molar-refractivity contribution in [2.45, 2.75) is 45.1 Å². The highest BCUT2D eigenvalue weighted by Gasteiger charge is 2.31. The van der Waals surface area contributed by atoms with E-state index < -0.39 is 27.5 Å². The number of hydrogen-bond acceptors (Lipinski definition) is 6. The largest absolute Gasteiger partial charge is 0.489 e. The number of nitrogens with zero attached hydrogens (tertiary/aromatic N) is 1. The van der Waals surface area contributed by atoms with Gasteiger partial charge in [-0.1, -0.05) is 13.8 Å². The van der Waals surface area contributed by atoms with E-state index in [1.165, 1.54) is 29.4 Å². The molecule has 0 atom stereocenters. The van der Waals surface area contributed by atoms with Crippen LogP contribution in [0, 0.1) is 11.7 Å². The van der Waals surface area contributed by atoms with Gasteiger partial charge in [-0.05, 0) is 62.2 Å². The molecule has 0 aromatic heterocycles. The van der Waals surface area contributed by atoms with E-state index in [1.807, 2.05) is 27.7 Å². The summed E-state index contributed by atoms with van der Waals surface area (Å²) in [4.78, 5) is 22.0. The monoisotopic (exact) mass is 513 g/mol. The van der Waals surface area contributed by atoms with Crippen LogP contribution in [-0.2, 0) is 19.6 Å². The van der Waals surface area contributed by atoms with E-state index in [9.17, 15) is 22.4 Å². The molecular formula is C24H36FN3O6S. The molecule has 3 rings (SSSR count). The molecule has 2 aromatic carbocycles. The van der Waals surface area contributed by atoms with Crippen molar-refractivity contribution in [1.82, 2.24) is 5.32 Å². The molecule has 0 saturated carbocycles. The molecule has 35 heavy (non-hydrogen) atoms. The Morgan fingerprint density at radius 1 is 1.17 bits per heavy atom. The first-order valence-corrected chi connectivity index (χ1v) is 12.5. The minimum atomic E-state index is -3.93. The topological polar surface area (TPSA) is 114 Å². The maximum atomic E-state index is 13.2. The number of anilines is 2. The van der Waals surface area contributed by atoms with Crippen molar-refractivity contribution < 1.29 is 34.7 Å². The van der Waals surface area contributed by atoms with Crippen LogP contribution in [-0.4, -0.2) is 46.2 Å². The van der Waals surface area contributed by atoms with Crippen LogP contribution < -0.4 is 19.7 Å². The number of ether oxygens (including phenoxy) is 2. The Kier molecular flexibility index (Phi) is 9.08. The Labute approximate surface area is 208 Å². The third-order valence-electron chi connectivity index (χ3n) is 5.53. The maximum absolute atomic E-state index is 13.2. The van der Waals surface area contributed by atoms with Crippen LogP contribution in [0.15, 0.2) is 47.4 Å². The van der Waals surface area contributed by atoms with Gasteiger partial charge < -0.3 is 14.8 Å². The zero-order valence-corrected chi connectivity index (χ0v) is 21.5. The highest BCUT2D eigenvalue weighted by Crippen LogP contribution is 2.37. The van der Waals surface area contributed by atoms with Gasteiger partial charge in [0.15, 0.2) is 0 Å². The van der Waals surface area contributed by atoms with Crippen LogP contribution in [0.3, 0.4) is 0 Å². The summed E-state index contributed by atoms with van der Waals surface area (Å²) in [5, 5.41) is 5.02. The van der Waals surface area contributed by atoms with Gasteiger partial charge in [-0.2, -0.15) is 0 Å². The van der Waals surface area contributed by atoms with E-state index >= 15 is 0 Å². The van der Waals surface area contributed by atoms with Gasteiger partial charge in [-0.15, -0.1) is 0 Å². The van der Waals surface area contributed by atoms with E-state index in [4.69, 9.17) is 9.47 Å². The predicted molar refractivity (Wildman–Crippen MR) is 136 cm³/mol. The third kappa shape index (κ3) is 7.32. The second kappa shape index (κ2) is 11.4. The highest BCUT2D eigenvalue weighted by molar-refractivity contribution is 7.92. The average molecular weight is 514 g/mol. The molecule has 2 N–H and O–H groups in total. The van der Waals surface area contributed by atoms with Crippen LogP contribution in [0.5, 0.6) is 5.75 Å². The molecule has 2 aromatic rings. The van der Waals surface area contributed by atoms with E-state index in [1.54, 1.807) is 19.2 Å². The zero-order chi connectivity index (χ0) is 26.4. The first-order chi connectivity index (χ1) is 16.3. The summed E-state index contributed by atoms with van der Waals surface area (Å²) in [5.74, 6) is -0.0412. The summed E-state index contributed by atoms with van der Waals surface area (Å²) in [6.45, 7) is 9.25. The second-order valence-corrected chi connectivity index (χ2v) is 10.5. The molecule has 1 heterocycles. The van der Waals surface area contributed by atoms with Crippen molar-refractivity contribution in [2.24, 2.45) is 5.92 Å². The van der Waals surface area contributed by atoms with Crippen molar-refractivity contribution >= 4 is 33.4 Å². The Hall–Kier alpha value is -3.34. The number of halogens is 1. The molecule has 11 heteroatoms. The van der Waals surface area contributed by atoms with Gasteiger partial charge in [-0.25, -0.2) is 17.6 Å². The third-order valence-corrected chi connectivity index (χ3v) is 7.35. The average Bonchev–Trinajstić information content (AvgIpc) is 2.78. The van der Waals surface area contributed by atoms with E-state index in [-0.39, 0.29) is 38.4 Å². The van der Waals surface area contributed by atoms with Gasteiger partial charge >= 0.3 is 6.09 Å². The van der Waals surface area contributed by atoms with E-state index in [0.29, 0.717) is 11.4 Å². The fraction of sp³-hybridized carbons (Fsp3) is 0.417. The minimum absolute atomic E-state index is 0. The van der Waals surface area contributed by atoms with Crippen molar-refractivity contribution in [3.63, 3.8) is 0 Å². The Morgan fingerprint density at radius 3 is 2.31 bits per heavy atom. The normalized spacial score (nSPS) is 13.1. The lowest BCUT2D eigenvalue weighted by atomic mass is 9.95. The van der Waals surface area contributed by atoms with Crippen LogP contribution in [0.25, 0.3) is 0 Å². The van der Waals surface area contributed by atoms with Crippen LogP contribution in [0.4, 0.5) is 20.6 Å². The second-order valence-electron chi connectivity index (χ2n) is 8.64. The van der Waals surface area contributed by atoms with Crippen molar-refractivity contribution in [3.05, 3.63) is 48.3 Å². The number of amides is 2. The molecule has 9 nitrogen and oxygen atoms in total. The summed E-state index contributed by atoms with van der Waals surface area (Å²) in [6.07, 6.45) is -0.640. The fourth-order valence-electron chi connectivity index (χ4n) is 2.75. The first-order valence-electron chi connectivity index (χ1n) is 11.0. The summed E-state index contributed by atoms with van der Waals surface area (Å²) in [7, 11) is -2.34. The summed E-state index contributed by atoms with van der Waals surface area (Å²) < 4.78 is 51.6. The van der Waals surface area contributed by atoms with Gasteiger partial charge in [-0.3, -0.25) is 14.4 Å². The lowest BCUT2D eigenvalue weighted by molar-refractivity contribution is -0.118. The summed E-state index contributed by atoms with van der Waals surface area (Å²) >= 11 is 0. The van der Waals surface area contributed by atoms with Gasteiger partial charge in [0, 0.05) is 22.5 Å². The number of rotatable bonds is 5. The van der Waals surface area contributed by atoms with Crippen molar-refractivity contribution in [1.29, 1.82) is 0 Å². The first kappa shape index (κ1) is 27.9. The molecule has 0 spiro atoms. The number of hydrogen-bond donors (Lipinski definition) is 2. The molecular weight excluding hydrogens is 477 g/mol. The Bertz CT molecular complexity index is 1160. The maximum Gasteiger partial charge on any atom is 0.412 e. The number of carbonyl (C=O) groups excluding carboxylic acids is 2. The van der Waals surface area contributed by atoms with Gasteiger partial charge in [0.25, 0.3) is 10.0 Å². The Balaban J connectivity index is 0.00000169. The van der Waals surface area contributed by atoms with Crippen molar-refractivity contribution in [2.75, 3.05) is 29.8 Å². The molecule has 0 radical (unpaired) electrons. The molecule has 0 fully saturated rings. The number of carbonyl (C=O) groups is 2. The van der Waals surface area contributed by atoms with Gasteiger partial charge in [0.1, 0.15) is 23.8 Å². The molecule has 1 aliphatic rings. The standard InChI is InChI=1S/C21H25FN2O5S.C3H7NO.2H2/c1-14(2)21(3,4)29-20(25)23-16-7-10-19-18(13-16)24(11-12-28-19)30(26,27)17-8-5-15(22)6-9-17;1-3(5)4-2;;/h5-10,13-14H,11-12H2,1-4H3,(H,23,25);1-2H3,(H,4,5);2*1H. The number of sulfonamides is 1. The number of nitrogens with one attached hydrogen (secondary N) is 2. The lowest BCUT2D eigenvalue weighted by Gasteiger charge is -2.31. The molecule has 196 valence electrons. The number of fused-ring (bicyclic) bond motifs is 1. The smallest absolute Gasteiger partial charge is 0.412 e. The van der Waals surface area contributed by atoms with Crippen molar-refractivity contribution in [3.8, 4) is 5.75 Å². The highest BCUT2D eigenvalue weighted by atomic mass is 32.2. The minimum Gasteiger partial charge on any atom is -0.489 e. The lowest BCUT2D eigenvalue weighted by Crippen LogP contribution is -2.38. The summed E-state index contributed by atoms with van der Waals surface area (Å²) in [5.41, 5.74) is -0.0195. The van der Waals surface area contributed by atoms with Gasteiger partial charge in [0.2, 0.25) is 5.91 Å². The fourth-order valence-corrected chi connectivity index (χ4v) is 4.21. The molecule has 0 unspecified atom stereocenters. The molecule has 2 amide bonds. The SMILES string of the molecule is CC(C)C(C)(C)OC(=O)Nc1ccc2c(c1)N(S(=O)(=O)c1ccc(F)cc1)CCO2.CNC(C)=O.[HH].[HH]. The van der Waals surface area contributed by atoms with Crippen LogP contribution >= 0.6 is 0 Å². The summed E-state index contributed by atoms with van der Waals surface area (Å²) in [6, 6.07) is 9.33. The molecule has 1 aliphatic heterocycles. The molecule has 0 saturated heterocycles.